The van der Waals surface area contributed by atoms with Gasteiger partial charge in [-0.05, 0) is 42.5 Å². The first kappa shape index (κ1) is 21.3. The second-order valence-corrected chi connectivity index (χ2v) is 8.64. The number of nitrogens with one attached hydrogen (secondary N) is 3. The molecule has 2 aliphatic rings. The highest BCUT2D eigenvalue weighted by atomic mass is 16.4. The number of amides is 1. The third-order valence-electron chi connectivity index (χ3n) is 6.23. The Hall–Kier alpha value is -3.53. The van der Waals surface area contributed by atoms with Gasteiger partial charge in [0.25, 0.3) is 11.8 Å². The molecule has 0 spiro atoms. The van der Waals surface area contributed by atoms with Gasteiger partial charge in [-0.15, -0.1) is 10.2 Å². The summed E-state index contributed by atoms with van der Waals surface area (Å²) in [7, 11) is 0. The van der Waals surface area contributed by atoms with Crippen LogP contribution < -0.4 is 16.0 Å². The smallest absolute Gasteiger partial charge is 0.253 e. The number of hydrogen-bond donors (Lipinski definition) is 4. The molecule has 0 bridgehead atoms. The van der Waals surface area contributed by atoms with E-state index in [4.69, 9.17) is 4.42 Å². The number of aromatic nitrogens is 4. The minimum absolute atomic E-state index is 0.00154. The van der Waals surface area contributed by atoms with E-state index in [1.165, 1.54) is 19.3 Å². The number of nitrogens with zero attached hydrogens (tertiary/aromatic N) is 4. The highest BCUT2D eigenvalue weighted by molar-refractivity contribution is 5.97. The molecule has 10 heteroatoms. The van der Waals surface area contributed by atoms with E-state index in [2.05, 4.69) is 36.1 Å². The monoisotopic (exact) mass is 449 g/mol. The van der Waals surface area contributed by atoms with Crippen molar-refractivity contribution in [2.75, 3.05) is 23.8 Å². The molecule has 1 saturated carbocycles. The lowest BCUT2D eigenvalue weighted by molar-refractivity contribution is 0.0946. The minimum atomic E-state index is -0.136. The number of carbonyl (C=O) groups excluding carboxylic acids is 1. The summed E-state index contributed by atoms with van der Waals surface area (Å²) in [6.07, 6.45) is 6.92. The molecule has 3 heterocycles. The summed E-state index contributed by atoms with van der Waals surface area (Å²) in [6, 6.07) is 5.46. The van der Waals surface area contributed by atoms with Crippen molar-refractivity contribution in [2.24, 2.45) is 5.92 Å². The van der Waals surface area contributed by atoms with E-state index in [0.29, 0.717) is 47.1 Å². The number of fused-ring (bicyclic) bond motifs is 1. The molecule has 5 rings (SSSR count). The second-order valence-electron chi connectivity index (χ2n) is 8.64. The van der Waals surface area contributed by atoms with Gasteiger partial charge in [-0.2, -0.15) is 4.98 Å². The predicted molar refractivity (Wildman–Crippen MR) is 122 cm³/mol. The molecular weight excluding hydrogens is 422 g/mol. The summed E-state index contributed by atoms with van der Waals surface area (Å²) >= 11 is 0. The summed E-state index contributed by atoms with van der Waals surface area (Å²) in [5, 5.41) is 27.4. The van der Waals surface area contributed by atoms with Crippen LogP contribution in [0.4, 0.5) is 17.5 Å². The second kappa shape index (κ2) is 9.14. The number of aliphatic hydroxyl groups excluding tert-OH is 1. The zero-order chi connectivity index (χ0) is 22.8. The highest BCUT2D eigenvalue weighted by Crippen LogP contribution is 2.33. The quantitative estimate of drug-likeness (QED) is 0.409. The van der Waals surface area contributed by atoms with E-state index in [1.54, 1.807) is 19.2 Å². The number of aliphatic hydroxyl groups is 1. The molecule has 2 aromatic heterocycles. The van der Waals surface area contributed by atoms with E-state index in [0.717, 1.165) is 24.1 Å². The van der Waals surface area contributed by atoms with Crippen molar-refractivity contribution in [1.82, 2.24) is 25.5 Å². The van der Waals surface area contributed by atoms with Gasteiger partial charge in [0.2, 0.25) is 11.8 Å². The fraction of sp³-hybridized carbons (Fsp3) is 0.435. The number of carbonyl (C=O) groups is 1. The van der Waals surface area contributed by atoms with Crippen LogP contribution in [-0.2, 0) is 6.42 Å². The summed E-state index contributed by atoms with van der Waals surface area (Å²) in [6.45, 7) is 2.35. The van der Waals surface area contributed by atoms with Gasteiger partial charge in [-0.3, -0.25) is 4.79 Å². The fourth-order valence-electron chi connectivity index (χ4n) is 4.25. The van der Waals surface area contributed by atoms with Crippen LogP contribution in [0.2, 0.25) is 0 Å². The third-order valence-corrected chi connectivity index (χ3v) is 6.23. The van der Waals surface area contributed by atoms with E-state index in [-0.39, 0.29) is 18.6 Å². The molecule has 0 radical (unpaired) electrons. The third kappa shape index (κ3) is 4.65. The molecule has 33 heavy (non-hydrogen) atoms. The number of hydrogen-bond acceptors (Lipinski definition) is 9. The molecule has 1 aliphatic heterocycles. The minimum Gasteiger partial charge on any atom is -0.421 e. The zero-order valence-corrected chi connectivity index (χ0v) is 18.5. The van der Waals surface area contributed by atoms with Crippen molar-refractivity contribution in [3.63, 3.8) is 0 Å². The molecule has 172 valence electrons. The summed E-state index contributed by atoms with van der Waals surface area (Å²) in [5.74, 6) is 2.25. The lowest BCUT2D eigenvalue weighted by Crippen LogP contribution is -2.31. The van der Waals surface area contributed by atoms with Gasteiger partial charge >= 0.3 is 0 Å². The van der Waals surface area contributed by atoms with Crippen LogP contribution in [0.3, 0.4) is 0 Å². The maximum Gasteiger partial charge on any atom is 0.253 e. The Morgan fingerprint density at radius 1 is 1.27 bits per heavy atom. The first-order chi connectivity index (χ1) is 16.1. The molecule has 1 aliphatic carbocycles. The number of aryl methyl sites for hydroxylation is 1. The maximum absolute atomic E-state index is 12.0. The van der Waals surface area contributed by atoms with Gasteiger partial charge in [0.1, 0.15) is 5.82 Å². The number of anilines is 3. The van der Waals surface area contributed by atoms with E-state index < -0.39 is 0 Å². The van der Waals surface area contributed by atoms with Crippen molar-refractivity contribution >= 4 is 23.4 Å². The Bertz CT molecular complexity index is 1160. The van der Waals surface area contributed by atoms with Crippen molar-refractivity contribution in [2.45, 2.75) is 45.1 Å². The lowest BCUT2D eigenvalue weighted by atomic mass is 9.81. The Balaban J connectivity index is 1.42. The molecule has 0 saturated heterocycles. The van der Waals surface area contributed by atoms with Gasteiger partial charge in [0, 0.05) is 30.9 Å². The molecule has 1 aromatic carbocycles. The molecule has 1 unspecified atom stereocenters. The lowest BCUT2D eigenvalue weighted by Gasteiger charge is -2.29. The summed E-state index contributed by atoms with van der Waals surface area (Å²) in [4.78, 5) is 21.1. The summed E-state index contributed by atoms with van der Waals surface area (Å²) in [5.41, 5.74) is 3.05. The van der Waals surface area contributed by atoms with Crippen LogP contribution in [0.25, 0.3) is 11.5 Å². The van der Waals surface area contributed by atoms with Gasteiger partial charge in [0.15, 0.2) is 0 Å². The van der Waals surface area contributed by atoms with Crippen molar-refractivity contribution in [3.05, 3.63) is 41.4 Å². The van der Waals surface area contributed by atoms with Gasteiger partial charge in [-0.1, -0.05) is 19.3 Å². The normalized spacial score (nSPS) is 16.5. The van der Waals surface area contributed by atoms with Crippen LogP contribution in [0.1, 0.15) is 47.5 Å². The fourth-order valence-corrected chi connectivity index (χ4v) is 4.25. The first-order valence-electron chi connectivity index (χ1n) is 11.3. The highest BCUT2D eigenvalue weighted by Gasteiger charge is 2.24. The summed E-state index contributed by atoms with van der Waals surface area (Å²) < 4.78 is 5.61. The molecule has 1 amide bonds. The van der Waals surface area contributed by atoms with Crippen LogP contribution >= 0.6 is 0 Å². The Kier molecular flexibility index (Phi) is 5.91. The van der Waals surface area contributed by atoms with Crippen LogP contribution in [-0.4, -0.2) is 50.4 Å². The zero-order valence-electron chi connectivity index (χ0n) is 18.5. The molecule has 1 fully saturated rings. The van der Waals surface area contributed by atoms with Crippen molar-refractivity contribution in [1.29, 1.82) is 0 Å². The predicted octanol–water partition coefficient (Wildman–Crippen LogP) is 2.83. The average Bonchev–Trinajstić information content (AvgIpc) is 3.21. The number of benzene rings is 1. The van der Waals surface area contributed by atoms with Gasteiger partial charge < -0.3 is 25.5 Å². The SMILES string of the molecule is Cc1nnc(-c2cnc(Nc3ccc4c(c3)CCNC4=O)nc2NC(CO)CC2CCC2)o1. The van der Waals surface area contributed by atoms with Crippen molar-refractivity contribution in [3.8, 4) is 11.5 Å². The molecule has 4 N–H and O–H groups in total. The molecular formula is C23H27N7O3. The average molecular weight is 450 g/mol. The Morgan fingerprint density at radius 2 is 2.15 bits per heavy atom. The largest absolute Gasteiger partial charge is 0.421 e. The molecule has 3 aromatic rings. The van der Waals surface area contributed by atoms with Gasteiger partial charge in [0.05, 0.1) is 18.2 Å². The van der Waals surface area contributed by atoms with Crippen LogP contribution in [0.15, 0.2) is 28.8 Å². The topological polar surface area (TPSA) is 138 Å². The van der Waals surface area contributed by atoms with E-state index >= 15 is 0 Å². The van der Waals surface area contributed by atoms with E-state index in [1.807, 2.05) is 12.1 Å². The number of rotatable bonds is 8. The Labute approximate surface area is 191 Å². The van der Waals surface area contributed by atoms with Crippen molar-refractivity contribution < 1.29 is 14.3 Å². The van der Waals surface area contributed by atoms with Crippen LogP contribution in [0.5, 0.6) is 0 Å². The van der Waals surface area contributed by atoms with Gasteiger partial charge in [-0.25, -0.2) is 4.98 Å². The molecule has 10 nitrogen and oxygen atoms in total. The Morgan fingerprint density at radius 3 is 2.88 bits per heavy atom. The first-order valence-corrected chi connectivity index (χ1v) is 11.3. The standard InChI is InChI=1S/C23H27N7O3/c1-13-29-30-22(33-13)19-11-25-23(28-20(19)26-17(12-31)9-14-3-2-4-14)27-16-5-6-18-15(10-16)7-8-24-21(18)32/h5-6,10-11,14,17,31H,2-4,7-9,12H2,1H3,(H,24,32)(H2,25,26,27,28). The van der Waals surface area contributed by atoms with Crippen LogP contribution in [0, 0.1) is 12.8 Å². The maximum atomic E-state index is 12.0. The molecule has 1 atom stereocenters. The van der Waals surface area contributed by atoms with E-state index in [9.17, 15) is 9.90 Å².